The molecule has 1 aromatic carbocycles. The van der Waals surface area contributed by atoms with Crippen molar-refractivity contribution in [2.24, 2.45) is 4.99 Å². The Morgan fingerprint density at radius 2 is 2.00 bits per heavy atom. The minimum atomic E-state index is -0.169. The van der Waals surface area contributed by atoms with E-state index in [2.05, 4.69) is 65.0 Å². The van der Waals surface area contributed by atoms with Crippen LogP contribution in [0.5, 0.6) is 0 Å². The summed E-state index contributed by atoms with van der Waals surface area (Å²) in [4.78, 5) is 19.4. The molecule has 2 heterocycles. The van der Waals surface area contributed by atoms with Crippen LogP contribution in [0, 0.1) is 6.92 Å². The predicted octanol–water partition coefficient (Wildman–Crippen LogP) is 3.93. The summed E-state index contributed by atoms with van der Waals surface area (Å²) in [5.41, 5.74) is 2.22. The van der Waals surface area contributed by atoms with Gasteiger partial charge in [-0.1, -0.05) is 30.3 Å². The summed E-state index contributed by atoms with van der Waals surface area (Å²) in [6, 6.07) is 13.4. The molecule has 0 spiro atoms. The summed E-state index contributed by atoms with van der Waals surface area (Å²) >= 11 is 0. The molecule has 1 aliphatic heterocycles. The maximum atomic E-state index is 12.1. The fourth-order valence-electron chi connectivity index (χ4n) is 4.08. The van der Waals surface area contributed by atoms with E-state index in [-0.39, 0.29) is 29.9 Å². The molecular weight excluding hydrogens is 529 g/mol. The normalized spacial score (nSPS) is 18.9. The molecule has 0 aliphatic carbocycles. The Morgan fingerprint density at radius 1 is 1.21 bits per heavy atom. The van der Waals surface area contributed by atoms with Gasteiger partial charge in [-0.15, -0.1) is 24.0 Å². The number of rotatable bonds is 9. The van der Waals surface area contributed by atoms with E-state index in [1.807, 2.05) is 6.92 Å². The number of furan rings is 1. The topological polar surface area (TPSA) is 81.9 Å². The number of amides is 1. The molecule has 2 atom stereocenters. The SMILES string of the molecule is CCNC(=NCCCNC(=O)c1occc1C)NC1CCN(Cc2ccccc2)C(C)C1.I. The second-order valence-corrected chi connectivity index (χ2v) is 8.47. The van der Waals surface area contributed by atoms with Gasteiger partial charge in [0.25, 0.3) is 5.91 Å². The lowest BCUT2D eigenvalue weighted by atomic mass is 9.97. The van der Waals surface area contributed by atoms with Crippen molar-refractivity contribution < 1.29 is 9.21 Å². The maximum Gasteiger partial charge on any atom is 0.287 e. The van der Waals surface area contributed by atoms with Gasteiger partial charge in [-0.2, -0.15) is 0 Å². The molecule has 0 bridgehead atoms. The van der Waals surface area contributed by atoms with E-state index in [0.717, 1.165) is 50.4 Å². The molecular formula is C25H38IN5O2. The summed E-state index contributed by atoms with van der Waals surface area (Å²) in [7, 11) is 0. The Balaban J connectivity index is 0.00000385. The molecule has 8 heteroatoms. The number of aryl methyl sites for hydroxylation is 1. The Labute approximate surface area is 214 Å². The number of carbonyl (C=O) groups is 1. The number of nitrogens with zero attached hydrogens (tertiary/aromatic N) is 2. The van der Waals surface area contributed by atoms with Crippen LogP contribution in [0.2, 0.25) is 0 Å². The van der Waals surface area contributed by atoms with Crippen molar-refractivity contribution in [3.8, 4) is 0 Å². The van der Waals surface area contributed by atoms with Gasteiger partial charge < -0.3 is 20.4 Å². The molecule has 7 nitrogen and oxygen atoms in total. The largest absolute Gasteiger partial charge is 0.459 e. The number of halogens is 1. The lowest BCUT2D eigenvalue weighted by Gasteiger charge is -2.38. The maximum absolute atomic E-state index is 12.1. The number of hydrogen-bond acceptors (Lipinski definition) is 4. The van der Waals surface area contributed by atoms with E-state index in [9.17, 15) is 4.79 Å². The highest BCUT2D eigenvalue weighted by Gasteiger charge is 2.25. The average molecular weight is 568 g/mol. The zero-order valence-electron chi connectivity index (χ0n) is 20.0. The third-order valence-electron chi connectivity index (χ3n) is 5.89. The summed E-state index contributed by atoms with van der Waals surface area (Å²) < 4.78 is 5.22. The van der Waals surface area contributed by atoms with Crippen molar-refractivity contribution in [1.29, 1.82) is 0 Å². The second-order valence-electron chi connectivity index (χ2n) is 8.47. The van der Waals surface area contributed by atoms with Crippen molar-refractivity contribution >= 4 is 35.8 Å². The van der Waals surface area contributed by atoms with Crippen LogP contribution >= 0.6 is 24.0 Å². The molecule has 1 fully saturated rings. The molecule has 2 unspecified atom stereocenters. The van der Waals surface area contributed by atoms with Crippen LogP contribution in [0.3, 0.4) is 0 Å². The van der Waals surface area contributed by atoms with Crippen molar-refractivity contribution in [3.63, 3.8) is 0 Å². The number of piperidine rings is 1. The molecule has 2 aromatic rings. The van der Waals surface area contributed by atoms with E-state index in [4.69, 9.17) is 9.41 Å². The molecule has 1 aromatic heterocycles. The lowest BCUT2D eigenvalue weighted by molar-refractivity contribution is 0.0925. The Bertz CT molecular complexity index is 871. The van der Waals surface area contributed by atoms with Crippen molar-refractivity contribution in [2.75, 3.05) is 26.2 Å². The standard InChI is InChI=1S/C25H37N5O2.HI/c1-4-26-25(28-14-8-13-27-24(31)23-19(2)12-16-32-23)29-22-11-15-30(20(3)17-22)18-21-9-6-5-7-10-21;/h5-7,9-10,12,16,20,22H,4,8,11,13-15,17-18H2,1-3H3,(H,27,31)(H2,26,28,29);1H. The Morgan fingerprint density at radius 3 is 2.67 bits per heavy atom. The summed E-state index contributed by atoms with van der Waals surface area (Å²) in [5.74, 6) is 1.07. The fraction of sp³-hybridized carbons (Fsp3) is 0.520. The zero-order chi connectivity index (χ0) is 22.8. The van der Waals surface area contributed by atoms with Crippen LogP contribution in [0.25, 0.3) is 0 Å². The first-order valence-corrected chi connectivity index (χ1v) is 11.7. The quantitative estimate of drug-likeness (QED) is 0.185. The molecule has 33 heavy (non-hydrogen) atoms. The number of nitrogens with one attached hydrogen (secondary N) is 3. The van der Waals surface area contributed by atoms with E-state index >= 15 is 0 Å². The fourth-order valence-corrected chi connectivity index (χ4v) is 4.08. The van der Waals surface area contributed by atoms with Crippen LogP contribution < -0.4 is 16.0 Å². The molecule has 1 saturated heterocycles. The first-order valence-electron chi connectivity index (χ1n) is 11.7. The molecule has 1 amide bonds. The first-order chi connectivity index (χ1) is 15.6. The van der Waals surface area contributed by atoms with Gasteiger partial charge in [-0.25, -0.2) is 0 Å². The highest BCUT2D eigenvalue weighted by atomic mass is 127. The summed E-state index contributed by atoms with van der Waals surface area (Å²) in [6.07, 6.45) is 4.50. The van der Waals surface area contributed by atoms with Crippen LogP contribution in [0.15, 0.2) is 52.1 Å². The van der Waals surface area contributed by atoms with E-state index in [0.29, 0.717) is 30.9 Å². The number of benzene rings is 1. The average Bonchev–Trinajstić information content (AvgIpc) is 3.22. The van der Waals surface area contributed by atoms with E-state index in [1.165, 1.54) is 11.8 Å². The van der Waals surface area contributed by atoms with Crippen LogP contribution in [-0.2, 0) is 6.54 Å². The molecule has 1 aliphatic rings. The second kappa shape index (κ2) is 14.2. The van der Waals surface area contributed by atoms with Crippen molar-refractivity contribution in [3.05, 3.63) is 59.5 Å². The summed E-state index contributed by atoms with van der Waals surface area (Å²) in [6.45, 7) is 10.4. The van der Waals surface area contributed by atoms with Crippen molar-refractivity contribution in [1.82, 2.24) is 20.9 Å². The minimum absolute atomic E-state index is 0. The van der Waals surface area contributed by atoms with Gasteiger partial charge in [-0.05, 0) is 51.7 Å². The van der Waals surface area contributed by atoms with Crippen molar-refractivity contribution in [2.45, 2.75) is 58.7 Å². The van der Waals surface area contributed by atoms with Gasteiger partial charge in [0.1, 0.15) is 0 Å². The first kappa shape index (κ1) is 27.2. The van der Waals surface area contributed by atoms with Gasteiger partial charge in [-0.3, -0.25) is 14.7 Å². The minimum Gasteiger partial charge on any atom is -0.459 e. The molecule has 0 radical (unpaired) electrons. The number of carbonyl (C=O) groups excluding carboxylic acids is 1. The van der Waals surface area contributed by atoms with Gasteiger partial charge in [0.2, 0.25) is 0 Å². The zero-order valence-corrected chi connectivity index (χ0v) is 22.3. The number of likely N-dealkylation sites (tertiary alicyclic amines) is 1. The Kier molecular flexibility index (Phi) is 11.7. The third-order valence-corrected chi connectivity index (χ3v) is 5.89. The Hall–Kier alpha value is -2.07. The van der Waals surface area contributed by atoms with Crippen LogP contribution in [-0.4, -0.2) is 55.0 Å². The van der Waals surface area contributed by atoms with Gasteiger partial charge in [0, 0.05) is 50.4 Å². The van der Waals surface area contributed by atoms with Crippen LogP contribution in [0.1, 0.15) is 54.8 Å². The molecule has 3 rings (SSSR count). The number of guanidine groups is 1. The van der Waals surface area contributed by atoms with Crippen LogP contribution in [0.4, 0.5) is 0 Å². The number of aliphatic imine (C=N–C) groups is 1. The highest BCUT2D eigenvalue weighted by molar-refractivity contribution is 14.0. The predicted molar refractivity (Wildman–Crippen MR) is 144 cm³/mol. The van der Waals surface area contributed by atoms with Gasteiger partial charge in [0.15, 0.2) is 11.7 Å². The summed E-state index contributed by atoms with van der Waals surface area (Å²) in [5, 5.41) is 9.85. The molecule has 182 valence electrons. The van der Waals surface area contributed by atoms with Gasteiger partial charge in [0.05, 0.1) is 6.26 Å². The number of hydrogen-bond donors (Lipinski definition) is 3. The van der Waals surface area contributed by atoms with E-state index < -0.39 is 0 Å². The molecule has 3 N–H and O–H groups in total. The third kappa shape index (κ3) is 8.66. The monoisotopic (exact) mass is 567 g/mol. The molecule has 0 saturated carbocycles. The van der Waals surface area contributed by atoms with E-state index in [1.54, 1.807) is 6.07 Å². The van der Waals surface area contributed by atoms with Gasteiger partial charge >= 0.3 is 0 Å². The smallest absolute Gasteiger partial charge is 0.287 e. The highest BCUT2D eigenvalue weighted by Crippen LogP contribution is 2.20. The lowest BCUT2D eigenvalue weighted by Crippen LogP contribution is -2.51.